The third-order valence-corrected chi connectivity index (χ3v) is 7.77. The molecule has 0 amide bonds. The summed E-state index contributed by atoms with van der Waals surface area (Å²) in [6, 6.07) is 44.4. The third-order valence-electron chi connectivity index (χ3n) is 7.77. The van der Waals surface area contributed by atoms with Gasteiger partial charge in [-0.1, -0.05) is 109 Å². The topological polar surface area (TPSA) is 90.0 Å². The average molecular weight is 595 g/mol. The van der Waals surface area contributed by atoms with Gasteiger partial charge >= 0.3 is 0 Å². The zero-order valence-corrected chi connectivity index (χ0v) is 24.9. The van der Waals surface area contributed by atoms with Crippen molar-refractivity contribution in [1.29, 1.82) is 0 Å². The number of furan rings is 1. The molecular weight excluding hydrogens is 568 g/mol. The molecule has 0 fully saturated rings. The van der Waals surface area contributed by atoms with Crippen LogP contribution in [0.4, 0.5) is 0 Å². The molecular formula is C39H26N6O. The Morgan fingerprint density at radius 1 is 0.478 bits per heavy atom. The summed E-state index contributed by atoms with van der Waals surface area (Å²) in [6.45, 7) is 0. The summed E-state index contributed by atoms with van der Waals surface area (Å²) in [5, 5.41) is 0.926. The van der Waals surface area contributed by atoms with Gasteiger partial charge in [0.25, 0.3) is 0 Å². The van der Waals surface area contributed by atoms with E-state index in [1.54, 1.807) is 13.3 Å². The molecule has 0 aliphatic carbocycles. The molecule has 46 heavy (non-hydrogen) atoms. The van der Waals surface area contributed by atoms with Crippen LogP contribution in [-0.4, -0.2) is 38.2 Å². The summed E-state index contributed by atoms with van der Waals surface area (Å²) in [4.78, 5) is 28.9. The molecule has 8 rings (SSSR count). The van der Waals surface area contributed by atoms with Crippen LogP contribution in [0.2, 0.25) is 0 Å². The van der Waals surface area contributed by atoms with E-state index in [4.69, 9.17) is 29.3 Å². The van der Waals surface area contributed by atoms with Crippen molar-refractivity contribution in [2.24, 2.45) is 4.99 Å². The van der Waals surface area contributed by atoms with E-state index >= 15 is 0 Å². The van der Waals surface area contributed by atoms with Crippen molar-refractivity contribution in [1.82, 2.24) is 24.9 Å². The minimum Gasteiger partial charge on any atom is -0.452 e. The van der Waals surface area contributed by atoms with Crippen LogP contribution in [0.25, 0.3) is 78.7 Å². The van der Waals surface area contributed by atoms with E-state index in [-0.39, 0.29) is 0 Å². The zero-order valence-electron chi connectivity index (χ0n) is 24.9. The lowest BCUT2D eigenvalue weighted by Gasteiger charge is -2.10. The number of rotatable bonds is 6. The standard InChI is InChI=1S/C39H26N6O/c1-40-24-32-35-34(31-20-8-9-21-33(31)46-35)42-37(41-32)29-18-11-19-30(23-29)39-44-36(26-14-6-3-7-15-26)43-38(45-39)28-17-10-16-27(22-28)25-12-4-2-5-13-25/h2-24H,1H3. The largest absolute Gasteiger partial charge is 0.452 e. The van der Waals surface area contributed by atoms with E-state index < -0.39 is 0 Å². The monoisotopic (exact) mass is 594 g/mol. The van der Waals surface area contributed by atoms with Crippen molar-refractivity contribution >= 4 is 28.3 Å². The van der Waals surface area contributed by atoms with Crippen molar-refractivity contribution in [2.75, 3.05) is 7.05 Å². The lowest BCUT2D eigenvalue weighted by atomic mass is 10.0. The van der Waals surface area contributed by atoms with E-state index in [0.717, 1.165) is 49.9 Å². The molecule has 5 aromatic carbocycles. The maximum Gasteiger partial charge on any atom is 0.181 e. The molecule has 8 aromatic rings. The Morgan fingerprint density at radius 2 is 0.978 bits per heavy atom. The molecule has 3 heterocycles. The van der Waals surface area contributed by atoms with Crippen LogP contribution >= 0.6 is 0 Å². The fourth-order valence-corrected chi connectivity index (χ4v) is 5.57. The highest BCUT2D eigenvalue weighted by molar-refractivity contribution is 6.07. The molecule has 3 aromatic heterocycles. The lowest BCUT2D eigenvalue weighted by molar-refractivity contribution is 0.665. The molecule has 7 heteroatoms. The van der Waals surface area contributed by atoms with Crippen molar-refractivity contribution in [3.8, 4) is 56.7 Å². The summed E-state index contributed by atoms with van der Waals surface area (Å²) in [6.07, 6.45) is 1.70. The van der Waals surface area contributed by atoms with Gasteiger partial charge in [-0.05, 0) is 35.4 Å². The van der Waals surface area contributed by atoms with E-state index in [0.29, 0.717) is 34.6 Å². The number of para-hydroxylation sites is 1. The van der Waals surface area contributed by atoms with Crippen molar-refractivity contribution < 1.29 is 4.42 Å². The minimum absolute atomic E-state index is 0.556. The van der Waals surface area contributed by atoms with Gasteiger partial charge in [0, 0.05) is 34.7 Å². The smallest absolute Gasteiger partial charge is 0.181 e. The predicted molar refractivity (Wildman–Crippen MR) is 183 cm³/mol. The number of hydrogen-bond donors (Lipinski definition) is 0. The number of aliphatic imine (C=N–C) groups is 1. The van der Waals surface area contributed by atoms with Crippen molar-refractivity contribution in [3.63, 3.8) is 0 Å². The molecule has 0 aliphatic heterocycles. The van der Waals surface area contributed by atoms with E-state index in [9.17, 15) is 0 Å². The Bertz CT molecular complexity index is 2380. The zero-order chi connectivity index (χ0) is 30.9. The first kappa shape index (κ1) is 27.2. The van der Waals surface area contributed by atoms with Gasteiger partial charge in [0.15, 0.2) is 28.9 Å². The Hall–Kier alpha value is -6.34. The fraction of sp³-hybridized carbons (Fsp3) is 0.0256. The highest BCUT2D eigenvalue weighted by Crippen LogP contribution is 2.32. The molecule has 7 nitrogen and oxygen atoms in total. The van der Waals surface area contributed by atoms with Crippen LogP contribution in [0.5, 0.6) is 0 Å². The van der Waals surface area contributed by atoms with Gasteiger partial charge in [0.1, 0.15) is 16.8 Å². The minimum atomic E-state index is 0.556. The molecule has 0 spiro atoms. The average Bonchev–Trinajstić information content (AvgIpc) is 3.51. The normalized spacial score (nSPS) is 11.5. The van der Waals surface area contributed by atoms with Crippen LogP contribution < -0.4 is 0 Å². The number of fused-ring (bicyclic) bond motifs is 3. The maximum atomic E-state index is 6.12. The van der Waals surface area contributed by atoms with E-state index in [1.807, 2.05) is 109 Å². The molecule has 0 N–H and O–H groups in total. The highest BCUT2D eigenvalue weighted by atomic mass is 16.3. The summed E-state index contributed by atoms with van der Waals surface area (Å²) in [5.74, 6) is 2.31. The van der Waals surface area contributed by atoms with Gasteiger partial charge in [-0.25, -0.2) is 24.9 Å². The number of hydrogen-bond acceptors (Lipinski definition) is 7. The van der Waals surface area contributed by atoms with Gasteiger partial charge in [-0.3, -0.25) is 4.99 Å². The second kappa shape index (κ2) is 11.6. The second-order valence-corrected chi connectivity index (χ2v) is 10.8. The first-order valence-electron chi connectivity index (χ1n) is 14.9. The van der Waals surface area contributed by atoms with Crippen molar-refractivity contribution in [2.45, 2.75) is 0 Å². The van der Waals surface area contributed by atoms with Crippen LogP contribution in [-0.2, 0) is 0 Å². The first-order valence-corrected chi connectivity index (χ1v) is 14.9. The van der Waals surface area contributed by atoms with Crippen LogP contribution in [0.3, 0.4) is 0 Å². The predicted octanol–water partition coefficient (Wildman–Crippen LogP) is 8.94. The van der Waals surface area contributed by atoms with Gasteiger partial charge in [0.2, 0.25) is 0 Å². The molecule has 0 radical (unpaired) electrons. The molecule has 218 valence electrons. The summed E-state index contributed by atoms with van der Waals surface area (Å²) in [5.41, 5.74) is 8.41. The second-order valence-electron chi connectivity index (χ2n) is 10.8. The Morgan fingerprint density at radius 3 is 1.63 bits per heavy atom. The van der Waals surface area contributed by atoms with Crippen LogP contribution in [0.15, 0.2) is 143 Å². The summed E-state index contributed by atoms with van der Waals surface area (Å²) in [7, 11) is 1.72. The number of benzene rings is 5. The molecule has 0 bridgehead atoms. The first-order chi connectivity index (χ1) is 22.7. The maximum absolute atomic E-state index is 6.12. The Labute approximate surface area is 265 Å². The number of nitrogens with zero attached hydrogens (tertiary/aromatic N) is 6. The van der Waals surface area contributed by atoms with Gasteiger partial charge in [-0.15, -0.1) is 0 Å². The lowest BCUT2D eigenvalue weighted by Crippen LogP contribution is -2.01. The highest BCUT2D eigenvalue weighted by Gasteiger charge is 2.17. The quantitative estimate of drug-likeness (QED) is 0.179. The van der Waals surface area contributed by atoms with Crippen molar-refractivity contribution in [3.05, 3.63) is 139 Å². The molecule has 0 saturated heterocycles. The Kier molecular flexibility index (Phi) is 6.88. The molecule has 0 saturated carbocycles. The SMILES string of the molecule is CN=Cc1nc(-c2cccc(-c3nc(-c4ccccc4)nc(-c4cccc(-c5ccccc5)c4)n3)c2)nc2c1oc1ccccc12. The van der Waals surface area contributed by atoms with Gasteiger partial charge in [0.05, 0.1) is 6.21 Å². The molecule has 0 aliphatic rings. The third kappa shape index (κ3) is 5.10. The number of aromatic nitrogens is 5. The van der Waals surface area contributed by atoms with E-state index in [2.05, 4.69) is 29.3 Å². The van der Waals surface area contributed by atoms with Gasteiger partial charge in [-0.2, -0.15) is 0 Å². The van der Waals surface area contributed by atoms with Crippen LogP contribution in [0, 0.1) is 0 Å². The van der Waals surface area contributed by atoms with E-state index in [1.165, 1.54) is 0 Å². The van der Waals surface area contributed by atoms with Gasteiger partial charge < -0.3 is 4.42 Å². The molecule has 0 atom stereocenters. The fourth-order valence-electron chi connectivity index (χ4n) is 5.57. The molecule has 0 unspecified atom stereocenters. The Balaban J connectivity index is 1.27. The summed E-state index contributed by atoms with van der Waals surface area (Å²) >= 11 is 0. The van der Waals surface area contributed by atoms with Crippen LogP contribution in [0.1, 0.15) is 5.69 Å². The summed E-state index contributed by atoms with van der Waals surface area (Å²) < 4.78 is 6.12.